The summed E-state index contributed by atoms with van der Waals surface area (Å²) in [5.41, 5.74) is 0. The third-order valence-corrected chi connectivity index (χ3v) is 2.51. The lowest BCUT2D eigenvalue weighted by Gasteiger charge is -2.22. The van der Waals surface area contributed by atoms with Crippen LogP contribution in [0.2, 0.25) is 0 Å². The quantitative estimate of drug-likeness (QED) is 0.484. The van der Waals surface area contributed by atoms with Gasteiger partial charge in [-0.25, -0.2) is 0 Å². The lowest BCUT2D eigenvalue weighted by Crippen LogP contribution is -2.22. The van der Waals surface area contributed by atoms with Crippen LogP contribution in [-0.2, 0) is 14.2 Å². The summed E-state index contributed by atoms with van der Waals surface area (Å²) < 4.78 is 16.1. The van der Waals surface area contributed by atoms with Gasteiger partial charge in [0.05, 0.1) is 12.7 Å². The summed E-state index contributed by atoms with van der Waals surface area (Å²) in [4.78, 5) is 0. The van der Waals surface area contributed by atoms with Crippen molar-refractivity contribution in [2.24, 2.45) is 0 Å². The van der Waals surface area contributed by atoms with Crippen molar-refractivity contribution in [3.05, 3.63) is 0 Å². The van der Waals surface area contributed by atoms with Crippen LogP contribution in [0.25, 0.3) is 0 Å². The van der Waals surface area contributed by atoms with Gasteiger partial charge in [0.2, 0.25) is 0 Å². The third kappa shape index (κ3) is 3.63. The summed E-state index contributed by atoms with van der Waals surface area (Å²) in [6, 6.07) is 0. The van der Waals surface area contributed by atoms with E-state index in [4.69, 9.17) is 14.2 Å². The summed E-state index contributed by atoms with van der Waals surface area (Å²) in [6.07, 6.45) is 6.37. The van der Waals surface area contributed by atoms with Crippen molar-refractivity contribution in [1.29, 1.82) is 0 Å². The lowest BCUT2D eigenvalue weighted by molar-refractivity contribution is -0.162. The van der Waals surface area contributed by atoms with Crippen LogP contribution in [0.15, 0.2) is 0 Å². The van der Waals surface area contributed by atoms with Gasteiger partial charge in [-0.1, -0.05) is 0 Å². The van der Waals surface area contributed by atoms with Gasteiger partial charge in [-0.2, -0.15) is 0 Å². The fourth-order valence-corrected chi connectivity index (χ4v) is 1.60. The van der Waals surface area contributed by atoms with Gasteiger partial charge < -0.3 is 14.2 Å². The monoisotopic (exact) mass is 186 g/mol. The molecule has 2 fully saturated rings. The normalized spacial score (nSPS) is 33.2. The van der Waals surface area contributed by atoms with Gasteiger partial charge in [0.15, 0.2) is 6.29 Å². The first-order valence-electron chi connectivity index (χ1n) is 5.30. The van der Waals surface area contributed by atoms with Crippen LogP contribution in [0.1, 0.15) is 32.1 Å². The van der Waals surface area contributed by atoms with Gasteiger partial charge in [0, 0.05) is 13.2 Å². The maximum absolute atomic E-state index is 5.58. The van der Waals surface area contributed by atoms with Gasteiger partial charge in [-0.05, 0) is 32.1 Å². The molecule has 0 aromatic rings. The Bertz CT molecular complexity index is 139. The zero-order chi connectivity index (χ0) is 8.93. The molecule has 3 nitrogen and oxygen atoms in total. The molecule has 2 atom stereocenters. The summed E-state index contributed by atoms with van der Waals surface area (Å²) in [6.45, 7) is 2.65. The van der Waals surface area contributed by atoms with E-state index in [2.05, 4.69) is 0 Å². The highest BCUT2D eigenvalue weighted by Crippen LogP contribution is 2.17. The Balaban J connectivity index is 1.46. The molecular weight excluding hydrogens is 168 g/mol. The van der Waals surface area contributed by atoms with Gasteiger partial charge in [-0.3, -0.25) is 0 Å². The Labute approximate surface area is 79.4 Å². The minimum atomic E-state index is 0.0777. The second-order valence-electron chi connectivity index (χ2n) is 3.76. The van der Waals surface area contributed by atoms with E-state index < -0.39 is 0 Å². The number of hydrogen-bond acceptors (Lipinski definition) is 3. The molecule has 0 amide bonds. The maximum Gasteiger partial charge on any atom is 0.157 e. The number of epoxide rings is 1. The maximum atomic E-state index is 5.58. The largest absolute Gasteiger partial charge is 0.373 e. The molecule has 76 valence electrons. The first-order valence-corrected chi connectivity index (χ1v) is 5.30. The molecule has 13 heavy (non-hydrogen) atoms. The van der Waals surface area contributed by atoms with Crippen molar-refractivity contribution in [2.45, 2.75) is 44.5 Å². The Morgan fingerprint density at radius 2 is 2.15 bits per heavy atom. The third-order valence-electron chi connectivity index (χ3n) is 2.51. The highest BCUT2D eigenvalue weighted by Gasteiger charge is 2.21. The molecule has 2 rings (SSSR count). The van der Waals surface area contributed by atoms with Crippen LogP contribution >= 0.6 is 0 Å². The van der Waals surface area contributed by atoms with Crippen LogP contribution in [0, 0.1) is 0 Å². The highest BCUT2D eigenvalue weighted by molar-refractivity contribution is 4.68. The zero-order valence-electron chi connectivity index (χ0n) is 8.04. The molecule has 0 radical (unpaired) electrons. The Kier molecular flexibility index (Phi) is 3.58. The summed E-state index contributed by atoms with van der Waals surface area (Å²) >= 11 is 0. The van der Waals surface area contributed by atoms with E-state index in [1.165, 1.54) is 12.8 Å². The average Bonchev–Trinajstić information content (AvgIpc) is 2.98. The highest BCUT2D eigenvalue weighted by atomic mass is 16.7. The van der Waals surface area contributed by atoms with Crippen molar-refractivity contribution < 1.29 is 14.2 Å². The molecular formula is C10H18O3. The Morgan fingerprint density at radius 3 is 2.85 bits per heavy atom. The summed E-state index contributed by atoms with van der Waals surface area (Å²) in [5.74, 6) is 0. The van der Waals surface area contributed by atoms with E-state index in [9.17, 15) is 0 Å². The minimum Gasteiger partial charge on any atom is -0.373 e. The molecule has 0 bridgehead atoms. The van der Waals surface area contributed by atoms with Crippen molar-refractivity contribution in [3.63, 3.8) is 0 Å². The first kappa shape index (κ1) is 9.44. The fraction of sp³-hybridized carbons (Fsp3) is 1.00. The molecule has 0 spiro atoms. The average molecular weight is 186 g/mol. The molecule has 0 aromatic heterocycles. The van der Waals surface area contributed by atoms with Crippen LogP contribution in [0.5, 0.6) is 0 Å². The molecule has 2 aliphatic heterocycles. The van der Waals surface area contributed by atoms with Crippen molar-refractivity contribution in [2.75, 3.05) is 19.8 Å². The summed E-state index contributed by atoms with van der Waals surface area (Å²) in [7, 11) is 0. The van der Waals surface area contributed by atoms with Crippen molar-refractivity contribution in [3.8, 4) is 0 Å². The van der Waals surface area contributed by atoms with E-state index in [1.54, 1.807) is 0 Å². The number of rotatable bonds is 5. The first-order chi connectivity index (χ1) is 6.45. The Hall–Kier alpha value is -0.120. The van der Waals surface area contributed by atoms with Crippen LogP contribution in [-0.4, -0.2) is 32.2 Å². The molecule has 0 N–H and O–H groups in total. The molecule has 2 unspecified atom stereocenters. The van der Waals surface area contributed by atoms with Crippen LogP contribution in [0.4, 0.5) is 0 Å². The van der Waals surface area contributed by atoms with E-state index in [-0.39, 0.29) is 6.29 Å². The van der Waals surface area contributed by atoms with Crippen molar-refractivity contribution in [1.82, 2.24) is 0 Å². The van der Waals surface area contributed by atoms with Crippen LogP contribution in [0.3, 0.4) is 0 Å². The molecule has 2 saturated heterocycles. The molecule has 0 saturated carbocycles. The minimum absolute atomic E-state index is 0.0777. The van der Waals surface area contributed by atoms with E-state index in [1.807, 2.05) is 0 Å². The van der Waals surface area contributed by atoms with E-state index in [0.717, 1.165) is 39.1 Å². The molecule has 2 aliphatic rings. The standard InChI is InChI=1S/C10H18O3/c1-2-6-11-10(5-1)12-7-3-4-9-8-13-9/h9-10H,1-8H2. The SMILES string of the molecule is C1CCC(OCCCC2CO2)OC1. The van der Waals surface area contributed by atoms with Gasteiger partial charge in [0.25, 0.3) is 0 Å². The Morgan fingerprint density at radius 1 is 1.23 bits per heavy atom. The van der Waals surface area contributed by atoms with Gasteiger partial charge in [0.1, 0.15) is 0 Å². The van der Waals surface area contributed by atoms with E-state index >= 15 is 0 Å². The fourth-order valence-electron chi connectivity index (χ4n) is 1.60. The summed E-state index contributed by atoms with van der Waals surface area (Å²) in [5, 5.41) is 0. The predicted molar refractivity (Wildman–Crippen MR) is 48.5 cm³/mol. The molecule has 0 aliphatic carbocycles. The smallest absolute Gasteiger partial charge is 0.157 e. The van der Waals surface area contributed by atoms with Crippen molar-refractivity contribution >= 4 is 0 Å². The second-order valence-corrected chi connectivity index (χ2v) is 3.76. The van der Waals surface area contributed by atoms with E-state index in [0.29, 0.717) is 6.10 Å². The number of hydrogen-bond donors (Lipinski definition) is 0. The second kappa shape index (κ2) is 4.94. The number of ether oxygens (including phenoxy) is 3. The predicted octanol–water partition coefficient (Wildman–Crippen LogP) is 1.71. The van der Waals surface area contributed by atoms with Gasteiger partial charge >= 0.3 is 0 Å². The molecule has 3 heteroatoms. The topological polar surface area (TPSA) is 31.0 Å². The molecule has 0 aromatic carbocycles. The molecule has 2 heterocycles. The zero-order valence-corrected chi connectivity index (χ0v) is 8.04. The van der Waals surface area contributed by atoms with Crippen LogP contribution < -0.4 is 0 Å². The lowest BCUT2D eigenvalue weighted by atomic mass is 10.2. The van der Waals surface area contributed by atoms with Gasteiger partial charge in [-0.15, -0.1) is 0 Å².